The average molecular weight is 358 g/mol. The lowest BCUT2D eigenvalue weighted by Gasteiger charge is -2.19. The molecular formula is C15H16ClNO3S2. The Morgan fingerprint density at radius 1 is 1.45 bits per heavy atom. The van der Waals surface area contributed by atoms with E-state index in [0.717, 1.165) is 22.3 Å². The van der Waals surface area contributed by atoms with Gasteiger partial charge in [0.25, 0.3) is 0 Å². The van der Waals surface area contributed by atoms with Gasteiger partial charge in [0.15, 0.2) is 0 Å². The molecule has 7 heteroatoms. The highest BCUT2D eigenvalue weighted by molar-refractivity contribution is 8.21. The first-order valence-corrected chi connectivity index (χ1v) is 9.35. The minimum Gasteiger partial charge on any atom is -0.425 e. The molecule has 0 aliphatic carbocycles. The van der Waals surface area contributed by atoms with Crippen molar-refractivity contribution in [1.29, 1.82) is 0 Å². The number of thioether (sulfide) groups is 1. The van der Waals surface area contributed by atoms with E-state index in [0.29, 0.717) is 17.4 Å². The highest BCUT2D eigenvalue weighted by atomic mass is 35.7. The lowest BCUT2D eigenvalue weighted by molar-refractivity contribution is -0.139. The second kappa shape index (κ2) is 8.50. The Morgan fingerprint density at radius 3 is 2.73 bits per heavy atom. The minimum atomic E-state index is -0.642. The number of halogens is 1. The van der Waals surface area contributed by atoms with E-state index in [9.17, 15) is 9.59 Å². The van der Waals surface area contributed by atoms with Gasteiger partial charge in [-0.05, 0) is 64.2 Å². The Labute approximate surface area is 142 Å². The van der Waals surface area contributed by atoms with Gasteiger partial charge in [-0.3, -0.25) is 4.79 Å². The predicted octanol–water partition coefficient (Wildman–Crippen LogP) is 3.75. The van der Waals surface area contributed by atoms with Crippen LogP contribution in [0.3, 0.4) is 0 Å². The molecule has 22 heavy (non-hydrogen) atoms. The van der Waals surface area contributed by atoms with Crippen LogP contribution in [0.15, 0.2) is 40.6 Å². The van der Waals surface area contributed by atoms with Gasteiger partial charge in [0.05, 0.1) is 0 Å². The summed E-state index contributed by atoms with van der Waals surface area (Å²) in [5.41, 5.74) is 0. The molecule has 0 radical (unpaired) electrons. The van der Waals surface area contributed by atoms with Crippen LogP contribution < -0.4 is 10.1 Å². The zero-order chi connectivity index (χ0) is 15.9. The van der Waals surface area contributed by atoms with Crippen LogP contribution in [0.25, 0.3) is 0 Å². The molecule has 1 heterocycles. The fraction of sp³-hybridized carbons (Fsp3) is 0.333. The van der Waals surface area contributed by atoms with Crippen LogP contribution in [0.1, 0.15) is 19.8 Å². The molecular weight excluding hydrogens is 342 g/mol. The number of allylic oxidation sites excluding steroid dienone is 1. The van der Waals surface area contributed by atoms with E-state index in [1.165, 1.54) is 6.92 Å². The zero-order valence-corrected chi connectivity index (χ0v) is 14.3. The molecule has 0 bridgehead atoms. The number of esters is 1. The van der Waals surface area contributed by atoms with Crippen molar-refractivity contribution in [3.63, 3.8) is 0 Å². The van der Waals surface area contributed by atoms with Crippen molar-refractivity contribution >= 4 is 45.3 Å². The highest BCUT2D eigenvalue weighted by Gasteiger charge is 2.26. The first-order chi connectivity index (χ1) is 10.6. The summed E-state index contributed by atoms with van der Waals surface area (Å²) in [4.78, 5) is 24.5. The van der Waals surface area contributed by atoms with Crippen LogP contribution in [-0.2, 0) is 9.59 Å². The van der Waals surface area contributed by atoms with Crippen LogP contribution in [-0.4, -0.2) is 23.2 Å². The summed E-state index contributed by atoms with van der Waals surface area (Å²) in [6, 6.07) is 6.25. The van der Waals surface area contributed by atoms with E-state index in [1.54, 1.807) is 36.0 Å². The molecule has 0 saturated heterocycles. The lowest BCUT2D eigenvalue weighted by Crippen LogP contribution is -2.43. The van der Waals surface area contributed by atoms with Gasteiger partial charge in [-0.15, -0.1) is 11.8 Å². The van der Waals surface area contributed by atoms with Crippen LogP contribution in [0.2, 0.25) is 0 Å². The lowest BCUT2D eigenvalue weighted by atomic mass is 10.1. The van der Waals surface area contributed by atoms with Gasteiger partial charge in [0.1, 0.15) is 11.8 Å². The summed E-state index contributed by atoms with van der Waals surface area (Å²) in [6.07, 6.45) is 3.51. The van der Waals surface area contributed by atoms with E-state index in [2.05, 4.69) is 11.4 Å². The van der Waals surface area contributed by atoms with Crippen molar-refractivity contribution in [3.8, 4) is 5.75 Å². The number of hydrogen-bond donors (Lipinski definition) is 1. The molecule has 2 rings (SSSR count). The maximum Gasteiger partial charge on any atom is 0.334 e. The molecule has 1 aromatic rings. The molecule has 1 aliphatic heterocycles. The maximum atomic E-state index is 12.3. The number of ether oxygens (including phenoxy) is 1. The van der Waals surface area contributed by atoms with Crippen molar-refractivity contribution in [2.75, 3.05) is 0 Å². The predicted molar refractivity (Wildman–Crippen MR) is 91.1 cm³/mol. The van der Waals surface area contributed by atoms with Crippen LogP contribution in [0, 0.1) is 0 Å². The standard InChI is InChI=1S/C15H16ClNO3S2/c1-10(18)17-14(9-13-3-2-8-21-13)15(19)20-11-4-6-12(22-16)7-5-11/h2,4-8,13-14H,3,9H2,1H3,(H,17,18)/t13?,14-/m0/s1. The number of benzene rings is 1. The Bertz CT molecular complexity index is 554. The third-order valence-corrected chi connectivity index (χ3v) is 5.16. The Balaban J connectivity index is 1.98. The SMILES string of the molecule is CC(=O)N[C@@H](CC1CC=CS1)C(=O)Oc1ccc(SCl)cc1. The molecule has 1 unspecified atom stereocenters. The summed E-state index contributed by atoms with van der Waals surface area (Å²) >= 11 is 1.67. The molecule has 0 aromatic heterocycles. The van der Waals surface area contributed by atoms with Crippen LogP contribution >= 0.6 is 33.4 Å². The first-order valence-electron chi connectivity index (χ1n) is 6.76. The largest absolute Gasteiger partial charge is 0.425 e. The number of carbonyl (C=O) groups is 2. The zero-order valence-electron chi connectivity index (χ0n) is 12.0. The van der Waals surface area contributed by atoms with Crippen molar-refractivity contribution in [2.24, 2.45) is 0 Å². The quantitative estimate of drug-likeness (QED) is 0.620. The molecule has 1 aromatic carbocycles. The van der Waals surface area contributed by atoms with Gasteiger partial charge >= 0.3 is 5.97 Å². The molecule has 0 fully saturated rings. The smallest absolute Gasteiger partial charge is 0.334 e. The second-order valence-corrected chi connectivity index (χ2v) is 7.12. The van der Waals surface area contributed by atoms with E-state index >= 15 is 0 Å². The minimum absolute atomic E-state index is 0.244. The Hall–Kier alpha value is -1.11. The Kier molecular flexibility index (Phi) is 6.67. The van der Waals surface area contributed by atoms with Gasteiger partial charge in [0.2, 0.25) is 5.91 Å². The third-order valence-electron chi connectivity index (χ3n) is 3.06. The molecule has 0 saturated carbocycles. The van der Waals surface area contributed by atoms with Crippen molar-refractivity contribution < 1.29 is 14.3 Å². The molecule has 1 amide bonds. The molecule has 118 valence electrons. The topological polar surface area (TPSA) is 55.4 Å². The monoisotopic (exact) mass is 357 g/mol. The van der Waals surface area contributed by atoms with E-state index < -0.39 is 12.0 Å². The molecule has 1 aliphatic rings. The second-order valence-electron chi connectivity index (χ2n) is 4.82. The van der Waals surface area contributed by atoms with Gasteiger partial charge in [-0.25, -0.2) is 4.79 Å². The van der Waals surface area contributed by atoms with Gasteiger partial charge < -0.3 is 10.1 Å². The molecule has 0 spiro atoms. The average Bonchev–Trinajstić information content (AvgIpc) is 3.00. The summed E-state index contributed by atoms with van der Waals surface area (Å²) in [6.45, 7) is 1.40. The van der Waals surface area contributed by atoms with Crippen LogP contribution in [0.4, 0.5) is 0 Å². The first kappa shape index (κ1) is 17.2. The van der Waals surface area contributed by atoms with Crippen molar-refractivity contribution in [1.82, 2.24) is 5.32 Å². The molecule has 4 nitrogen and oxygen atoms in total. The fourth-order valence-electron chi connectivity index (χ4n) is 2.05. The van der Waals surface area contributed by atoms with Crippen LogP contribution in [0.5, 0.6) is 5.75 Å². The number of rotatable bonds is 6. The molecule has 2 atom stereocenters. The summed E-state index contributed by atoms with van der Waals surface area (Å²) in [7, 11) is 6.74. The van der Waals surface area contributed by atoms with Gasteiger partial charge in [-0.2, -0.15) is 0 Å². The van der Waals surface area contributed by atoms with E-state index in [1.807, 2.05) is 5.41 Å². The number of carbonyl (C=O) groups excluding carboxylic acids is 2. The summed E-state index contributed by atoms with van der Waals surface area (Å²) in [5, 5.41) is 4.98. The van der Waals surface area contributed by atoms with Gasteiger partial charge in [0, 0.05) is 17.1 Å². The van der Waals surface area contributed by atoms with E-state index in [4.69, 9.17) is 15.4 Å². The van der Waals surface area contributed by atoms with Crippen molar-refractivity contribution in [2.45, 2.75) is 36.0 Å². The molecule has 1 N–H and O–H groups in total. The fourth-order valence-corrected chi connectivity index (χ4v) is 3.57. The maximum absolute atomic E-state index is 12.3. The number of amides is 1. The Morgan fingerprint density at radius 2 is 2.18 bits per heavy atom. The third kappa shape index (κ3) is 5.26. The van der Waals surface area contributed by atoms with Crippen molar-refractivity contribution in [3.05, 3.63) is 35.7 Å². The summed E-state index contributed by atoms with van der Waals surface area (Å²) < 4.78 is 5.35. The highest BCUT2D eigenvalue weighted by Crippen LogP contribution is 2.28. The van der Waals surface area contributed by atoms with E-state index in [-0.39, 0.29) is 5.91 Å². The number of hydrogen-bond acceptors (Lipinski definition) is 5. The summed E-state index contributed by atoms with van der Waals surface area (Å²) in [5.74, 6) is -0.257. The van der Waals surface area contributed by atoms with Gasteiger partial charge in [-0.1, -0.05) is 6.08 Å². The number of nitrogens with one attached hydrogen (secondary N) is 1. The normalized spacial score (nSPS) is 18.0.